The molecule has 2 aromatic carbocycles. The standard InChI is InChI=1S/C23H24N4O2S2/c1-15-25-26-23(31-15)30-14-19-18-6-4-5-7-20(18)29-21(19)22(28)24-12-16-8-10-17(11-9-16)13-27(2)3/h4-11H,12-14H2,1-3H3,(H,24,28). The fourth-order valence-electron chi connectivity index (χ4n) is 3.29. The molecular formula is C23H24N4O2S2. The van der Waals surface area contributed by atoms with Gasteiger partial charge < -0.3 is 14.6 Å². The largest absolute Gasteiger partial charge is 0.451 e. The van der Waals surface area contributed by atoms with Crippen molar-refractivity contribution in [2.24, 2.45) is 0 Å². The molecule has 0 saturated heterocycles. The number of thioether (sulfide) groups is 1. The van der Waals surface area contributed by atoms with Crippen LogP contribution in [0.25, 0.3) is 11.0 Å². The van der Waals surface area contributed by atoms with Crippen molar-refractivity contribution in [1.82, 2.24) is 20.4 Å². The number of nitrogens with one attached hydrogen (secondary N) is 1. The predicted molar refractivity (Wildman–Crippen MR) is 125 cm³/mol. The summed E-state index contributed by atoms with van der Waals surface area (Å²) in [6.07, 6.45) is 0. The molecular weight excluding hydrogens is 428 g/mol. The maximum atomic E-state index is 13.0. The third kappa shape index (κ3) is 5.33. The first-order valence-corrected chi connectivity index (χ1v) is 11.7. The van der Waals surface area contributed by atoms with E-state index >= 15 is 0 Å². The first-order chi connectivity index (χ1) is 15.0. The molecule has 0 saturated carbocycles. The van der Waals surface area contributed by atoms with E-state index in [0.717, 1.165) is 32.4 Å². The molecule has 0 bridgehead atoms. The highest BCUT2D eigenvalue weighted by molar-refractivity contribution is 8.00. The van der Waals surface area contributed by atoms with Crippen molar-refractivity contribution in [1.29, 1.82) is 0 Å². The topological polar surface area (TPSA) is 71.3 Å². The number of hydrogen-bond acceptors (Lipinski definition) is 7. The van der Waals surface area contributed by atoms with Crippen LogP contribution in [0.15, 0.2) is 57.3 Å². The van der Waals surface area contributed by atoms with Gasteiger partial charge in [-0.05, 0) is 38.2 Å². The number of nitrogens with zero attached hydrogens (tertiary/aromatic N) is 3. The van der Waals surface area contributed by atoms with Crippen LogP contribution in [0.4, 0.5) is 0 Å². The Labute approximate surface area is 189 Å². The van der Waals surface area contributed by atoms with Gasteiger partial charge in [0.05, 0.1) is 0 Å². The number of fused-ring (bicyclic) bond motifs is 1. The molecule has 0 aliphatic carbocycles. The number of aryl methyl sites for hydroxylation is 1. The van der Waals surface area contributed by atoms with Crippen LogP contribution in [-0.4, -0.2) is 35.1 Å². The molecule has 2 aromatic heterocycles. The molecule has 8 heteroatoms. The third-order valence-electron chi connectivity index (χ3n) is 4.73. The highest BCUT2D eigenvalue weighted by Crippen LogP contribution is 2.33. The molecule has 0 atom stereocenters. The Kier molecular flexibility index (Phi) is 6.70. The Morgan fingerprint density at radius 3 is 2.55 bits per heavy atom. The van der Waals surface area contributed by atoms with E-state index in [0.29, 0.717) is 23.6 Å². The summed E-state index contributed by atoms with van der Waals surface area (Å²) >= 11 is 3.12. The lowest BCUT2D eigenvalue weighted by atomic mass is 10.1. The summed E-state index contributed by atoms with van der Waals surface area (Å²) < 4.78 is 6.82. The maximum Gasteiger partial charge on any atom is 0.287 e. The van der Waals surface area contributed by atoms with Crippen LogP contribution in [0, 0.1) is 6.92 Å². The highest BCUT2D eigenvalue weighted by atomic mass is 32.2. The van der Waals surface area contributed by atoms with E-state index in [9.17, 15) is 4.79 Å². The smallest absolute Gasteiger partial charge is 0.287 e. The van der Waals surface area contributed by atoms with Crippen molar-refractivity contribution in [3.8, 4) is 0 Å². The van der Waals surface area contributed by atoms with Crippen molar-refractivity contribution in [2.75, 3.05) is 14.1 Å². The van der Waals surface area contributed by atoms with Crippen LogP contribution in [-0.2, 0) is 18.8 Å². The lowest BCUT2D eigenvalue weighted by Crippen LogP contribution is -2.23. The van der Waals surface area contributed by atoms with E-state index in [2.05, 4.69) is 32.5 Å². The molecule has 1 amide bonds. The lowest BCUT2D eigenvalue weighted by Gasteiger charge is -2.10. The number of carbonyl (C=O) groups is 1. The number of carbonyl (C=O) groups excluding carboxylic acids is 1. The average Bonchev–Trinajstić information content (AvgIpc) is 3.34. The van der Waals surface area contributed by atoms with E-state index in [4.69, 9.17) is 4.42 Å². The van der Waals surface area contributed by atoms with Gasteiger partial charge in [-0.1, -0.05) is 65.6 Å². The van der Waals surface area contributed by atoms with Gasteiger partial charge in [-0.25, -0.2) is 0 Å². The molecule has 0 fully saturated rings. The molecule has 0 aliphatic heterocycles. The molecule has 160 valence electrons. The number of para-hydroxylation sites is 1. The lowest BCUT2D eigenvalue weighted by molar-refractivity contribution is 0.0924. The van der Waals surface area contributed by atoms with Crippen molar-refractivity contribution in [3.05, 3.63) is 76.0 Å². The van der Waals surface area contributed by atoms with Gasteiger partial charge >= 0.3 is 0 Å². The van der Waals surface area contributed by atoms with Gasteiger partial charge in [-0.15, -0.1) is 10.2 Å². The molecule has 0 aliphatic rings. The van der Waals surface area contributed by atoms with Crippen molar-refractivity contribution >= 4 is 40.0 Å². The van der Waals surface area contributed by atoms with Crippen molar-refractivity contribution < 1.29 is 9.21 Å². The van der Waals surface area contributed by atoms with E-state index in [1.54, 1.807) is 23.1 Å². The number of furan rings is 1. The molecule has 0 unspecified atom stereocenters. The molecule has 6 nitrogen and oxygen atoms in total. The molecule has 0 spiro atoms. The minimum Gasteiger partial charge on any atom is -0.451 e. The number of rotatable bonds is 8. The minimum atomic E-state index is -0.211. The maximum absolute atomic E-state index is 13.0. The fraction of sp³-hybridized carbons (Fsp3) is 0.261. The van der Waals surface area contributed by atoms with Crippen molar-refractivity contribution in [3.63, 3.8) is 0 Å². The normalized spacial score (nSPS) is 11.4. The first-order valence-electron chi connectivity index (χ1n) is 9.93. The molecule has 31 heavy (non-hydrogen) atoms. The second-order valence-corrected chi connectivity index (χ2v) is 9.92. The molecule has 4 aromatic rings. The Bertz CT molecular complexity index is 1180. The van der Waals surface area contributed by atoms with Gasteiger partial charge in [0, 0.05) is 29.8 Å². The Morgan fingerprint density at radius 2 is 1.84 bits per heavy atom. The zero-order chi connectivity index (χ0) is 21.8. The van der Waals surface area contributed by atoms with Gasteiger partial charge in [0.25, 0.3) is 5.91 Å². The van der Waals surface area contributed by atoms with Gasteiger partial charge in [0.1, 0.15) is 10.6 Å². The predicted octanol–water partition coefficient (Wildman–Crippen LogP) is 4.88. The van der Waals surface area contributed by atoms with E-state index < -0.39 is 0 Å². The van der Waals surface area contributed by atoms with Crippen LogP contribution in [0.1, 0.15) is 32.3 Å². The van der Waals surface area contributed by atoms with E-state index in [1.807, 2.05) is 57.4 Å². The van der Waals surface area contributed by atoms with Crippen LogP contribution in [0.5, 0.6) is 0 Å². The molecule has 1 N–H and O–H groups in total. The number of amides is 1. The summed E-state index contributed by atoms with van der Waals surface area (Å²) in [4.78, 5) is 15.1. The van der Waals surface area contributed by atoms with Gasteiger partial charge in [0.2, 0.25) is 0 Å². The third-order valence-corrected chi connectivity index (χ3v) is 6.73. The number of aromatic nitrogens is 2. The summed E-state index contributed by atoms with van der Waals surface area (Å²) in [5.41, 5.74) is 3.88. The van der Waals surface area contributed by atoms with Gasteiger partial charge in [-0.2, -0.15) is 0 Å². The van der Waals surface area contributed by atoms with Crippen LogP contribution in [0.2, 0.25) is 0 Å². The fourth-order valence-corrected chi connectivity index (χ4v) is 5.13. The van der Waals surface area contributed by atoms with E-state index in [1.165, 1.54) is 5.56 Å². The van der Waals surface area contributed by atoms with Crippen molar-refractivity contribution in [2.45, 2.75) is 30.1 Å². The molecule has 4 rings (SSSR count). The second-order valence-electron chi connectivity index (χ2n) is 7.52. The molecule has 0 radical (unpaired) electrons. The number of benzene rings is 2. The first kappa shape index (κ1) is 21.5. The van der Waals surface area contributed by atoms with Crippen LogP contribution >= 0.6 is 23.1 Å². The zero-order valence-corrected chi connectivity index (χ0v) is 19.3. The average molecular weight is 453 g/mol. The molecule has 2 heterocycles. The Hall–Kier alpha value is -2.68. The Balaban J connectivity index is 1.49. The summed E-state index contributed by atoms with van der Waals surface area (Å²) in [5.74, 6) is 0.741. The van der Waals surface area contributed by atoms with Gasteiger partial charge in [-0.3, -0.25) is 4.79 Å². The van der Waals surface area contributed by atoms with E-state index in [-0.39, 0.29) is 5.91 Å². The summed E-state index contributed by atoms with van der Waals surface area (Å²) in [5, 5.41) is 13.1. The van der Waals surface area contributed by atoms with Gasteiger partial charge in [0.15, 0.2) is 10.1 Å². The van der Waals surface area contributed by atoms with Crippen LogP contribution < -0.4 is 5.32 Å². The summed E-state index contributed by atoms with van der Waals surface area (Å²) in [6.45, 7) is 3.27. The summed E-state index contributed by atoms with van der Waals surface area (Å²) in [6, 6.07) is 16.0. The second kappa shape index (κ2) is 9.64. The van der Waals surface area contributed by atoms with Crippen LogP contribution in [0.3, 0.4) is 0 Å². The minimum absolute atomic E-state index is 0.211. The Morgan fingerprint density at radius 1 is 1.10 bits per heavy atom. The SMILES string of the molecule is Cc1nnc(SCc2c(C(=O)NCc3ccc(CN(C)C)cc3)oc3ccccc23)s1. The number of hydrogen-bond donors (Lipinski definition) is 1. The zero-order valence-electron chi connectivity index (χ0n) is 17.7. The summed E-state index contributed by atoms with van der Waals surface area (Å²) in [7, 11) is 4.09. The quantitative estimate of drug-likeness (QED) is 0.384. The monoisotopic (exact) mass is 452 g/mol. The highest BCUT2D eigenvalue weighted by Gasteiger charge is 2.21.